The molecule has 0 aliphatic rings. The molecule has 0 radical (unpaired) electrons. The zero-order valence-corrected chi connectivity index (χ0v) is 21.5. The number of amides is 1. The van der Waals surface area contributed by atoms with E-state index < -0.39 is 37.6 Å². The van der Waals surface area contributed by atoms with Gasteiger partial charge in [0.1, 0.15) is 10.6 Å². The molecule has 3 rings (SSSR count). The van der Waals surface area contributed by atoms with Crippen molar-refractivity contribution in [1.29, 1.82) is 0 Å². The third kappa shape index (κ3) is 6.68. The number of nitro benzene ring substituents is 1. The number of hydrogen-bond acceptors (Lipinski definition) is 6. The predicted octanol–water partition coefficient (Wildman–Crippen LogP) is 6.13. The summed E-state index contributed by atoms with van der Waals surface area (Å²) in [5, 5.41) is 11.3. The lowest BCUT2D eigenvalue weighted by atomic mass is 10.1. The SMILES string of the molecule is CCC(C)N(Cc1cccc(OS(=O)(=O)c2cccc(C(F)(F)F)c2)c1)C(=O)c1ccc(C)c([N+](=O)[O-])c1. The van der Waals surface area contributed by atoms with Crippen LogP contribution in [0.3, 0.4) is 0 Å². The Kier molecular flexibility index (Phi) is 8.45. The zero-order chi connectivity index (χ0) is 28.3. The van der Waals surface area contributed by atoms with E-state index in [2.05, 4.69) is 0 Å². The van der Waals surface area contributed by atoms with Gasteiger partial charge in [-0.15, -0.1) is 0 Å². The van der Waals surface area contributed by atoms with Gasteiger partial charge in [-0.25, -0.2) is 0 Å². The molecule has 0 N–H and O–H groups in total. The van der Waals surface area contributed by atoms with Crippen molar-refractivity contribution in [1.82, 2.24) is 4.90 Å². The molecule has 202 valence electrons. The molecular weight excluding hydrogens is 525 g/mol. The van der Waals surface area contributed by atoms with Crippen molar-refractivity contribution in [2.24, 2.45) is 0 Å². The molecule has 0 spiro atoms. The lowest BCUT2D eigenvalue weighted by molar-refractivity contribution is -0.385. The number of hydrogen-bond donors (Lipinski definition) is 0. The van der Waals surface area contributed by atoms with E-state index in [-0.39, 0.29) is 29.6 Å². The van der Waals surface area contributed by atoms with Crippen molar-refractivity contribution >= 4 is 21.7 Å². The van der Waals surface area contributed by atoms with Crippen LogP contribution in [0.1, 0.15) is 47.3 Å². The van der Waals surface area contributed by atoms with E-state index in [1.54, 1.807) is 19.9 Å². The number of carbonyl (C=O) groups is 1. The van der Waals surface area contributed by atoms with Gasteiger partial charge in [0.15, 0.2) is 0 Å². The van der Waals surface area contributed by atoms with Crippen LogP contribution >= 0.6 is 0 Å². The van der Waals surface area contributed by atoms with E-state index in [0.29, 0.717) is 23.6 Å². The van der Waals surface area contributed by atoms with Crippen LogP contribution in [-0.4, -0.2) is 30.2 Å². The Hall–Kier alpha value is -3.93. The van der Waals surface area contributed by atoms with Crippen LogP contribution < -0.4 is 4.18 Å². The van der Waals surface area contributed by atoms with Crippen LogP contribution in [0.4, 0.5) is 18.9 Å². The predicted molar refractivity (Wildman–Crippen MR) is 133 cm³/mol. The maximum absolute atomic E-state index is 13.3. The molecule has 38 heavy (non-hydrogen) atoms. The molecule has 0 aliphatic carbocycles. The van der Waals surface area contributed by atoms with Crippen molar-refractivity contribution < 1.29 is 35.5 Å². The lowest BCUT2D eigenvalue weighted by Gasteiger charge is -2.29. The third-order valence-corrected chi connectivity index (χ3v) is 7.19. The highest BCUT2D eigenvalue weighted by Gasteiger charge is 2.32. The van der Waals surface area contributed by atoms with Crippen molar-refractivity contribution in [2.75, 3.05) is 0 Å². The van der Waals surface area contributed by atoms with E-state index in [1.165, 1.54) is 41.3 Å². The molecular formula is C26H25F3N2O6S. The monoisotopic (exact) mass is 550 g/mol. The topological polar surface area (TPSA) is 107 Å². The Balaban J connectivity index is 1.88. The van der Waals surface area contributed by atoms with Gasteiger partial charge in [0, 0.05) is 29.8 Å². The summed E-state index contributed by atoms with van der Waals surface area (Å²) in [7, 11) is -4.58. The molecule has 1 atom stereocenters. The fraction of sp³-hybridized carbons (Fsp3) is 0.269. The number of halogens is 3. The van der Waals surface area contributed by atoms with E-state index in [4.69, 9.17) is 4.18 Å². The molecule has 0 bridgehead atoms. The first-order valence-corrected chi connectivity index (χ1v) is 12.9. The summed E-state index contributed by atoms with van der Waals surface area (Å²) in [4.78, 5) is 24.9. The summed E-state index contributed by atoms with van der Waals surface area (Å²) in [5.74, 6) is -0.604. The van der Waals surface area contributed by atoms with Crippen LogP contribution in [0.25, 0.3) is 0 Å². The van der Waals surface area contributed by atoms with Gasteiger partial charge in [0.2, 0.25) is 0 Å². The summed E-state index contributed by atoms with van der Waals surface area (Å²) in [6, 6.07) is 13.0. The highest BCUT2D eigenvalue weighted by atomic mass is 32.2. The number of nitrogens with zero attached hydrogens (tertiary/aromatic N) is 2. The van der Waals surface area contributed by atoms with Gasteiger partial charge >= 0.3 is 16.3 Å². The van der Waals surface area contributed by atoms with Gasteiger partial charge in [-0.2, -0.15) is 21.6 Å². The Labute approximate surface area is 217 Å². The number of nitro groups is 1. The van der Waals surface area contributed by atoms with Gasteiger partial charge in [-0.1, -0.05) is 31.2 Å². The second kappa shape index (κ2) is 11.2. The molecule has 12 heteroatoms. The van der Waals surface area contributed by atoms with Crippen LogP contribution in [0, 0.1) is 17.0 Å². The van der Waals surface area contributed by atoms with E-state index >= 15 is 0 Å². The first kappa shape index (κ1) is 28.6. The van der Waals surface area contributed by atoms with Crippen molar-refractivity contribution in [3.05, 3.63) is 99.1 Å². The molecule has 3 aromatic carbocycles. The van der Waals surface area contributed by atoms with Crippen LogP contribution in [0.2, 0.25) is 0 Å². The highest BCUT2D eigenvalue weighted by Crippen LogP contribution is 2.31. The molecule has 3 aromatic rings. The summed E-state index contributed by atoms with van der Waals surface area (Å²) in [5.41, 5.74) is -0.294. The molecule has 0 aromatic heterocycles. The summed E-state index contributed by atoms with van der Waals surface area (Å²) < 4.78 is 69.5. The van der Waals surface area contributed by atoms with Gasteiger partial charge in [-0.3, -0.25) is 14.9 Å². The first-order valence-electron chi connectivity index (χ1n) is 11.5. The fourth-order valence-electron chi connectivity index (χ4n) is 3.65. The maximum Gasteiger partial charge on any atom is 0.416 e. The van der Waals surface area contributed by atoms with Gasteiger partial charge in [0.25, 0.3) is 11.6 Å². The standard InChI is InChI=1S/C26H25F3N2O6S/c1-4-18(3)30(25(32)20-12-11-17(2)24(14-20)31(33)34)16-19-7-5-9-22(13-19)37-38(35,36)23-10-6-8-21(15-23)26(27,28)29/h5-15,18H,4,16H2,1-3H3. The molecule has 1 unspecified atom stereocenters. The quantitative estimate of drug-likeness (QED) is 0.180. The average Bonchev–Trinajstić information content (AvgIpc) is 2.86. The molecule has 0 saturated carbocycles. The van der Waals surface area contributed by atoms with E-state index in [0.717, 1.165) is 18.2 Å². The summed E-state index contributed by atoms with van der Waals surface area (Å²) >= 11 is 0. The van der Waals surface area contributed by atoms with Crippen molar-refractivity contribution in [3.63, 3.8) is 0 Å². The maximum atomic E-state index is 13.3. The second-order valence-corrected chi connectivity index (χ2v) is 10.2. The second-order valence-electron chi connectivity index (χ2n) is 8.66. The highest BCUT2D eigenvalue weighted by molar-refractivity contribution is 7.87. The van der Waals surface area contributed by atoms with E-state index in [9.17, 15) is 36.5 Å². The van der Waals surface area contributed by atoms with Crippen LogP contribution in [0.15, 0.2) is 71.6 Å². The van der Waals surface area contributed by atoms with Crippen molar-refractivity contribution in [2.45, 2.75) is 50.9 Å². The Morgan fingerprint density at radius 1 is 1.08 bits per heavy atom. The average molecular weight is 551 g/mol. The smallest absolute Gasteiger partial charge is 0.379 e. The Morgan fingerprint density at radius 3 is 2.39 bits per heavy atom. The van der Waals surface area contributed by atoms with Gasteiger partial charge in [-0.05, 0) is 62.2 Å². The van der Waals surface area contributed by atoms with Crippen LogP contribution in [0.5, 0.6) is 5.75 Å². The number of benzene rings is 3. The van der Waals surface area contributed by atoms with Gasteiger partial charge in [0.05, 0.1) is 10.5 Å². The molecule has 1 amide bonds. The normalized spacial score (nSPS) is 12.6. The fourth-order valence-corrected chi connectivity index (χ4v) is 4.62. The number of rotatable bonds is 9. The zero-order valence-electron chi connectivity index (χ0n) is 20.7. The number of alkyl halides is 3. The number of aryl methyl sites for hydroxylation is 1. The summed E-state index contributed by atoms with van der Waals surface area (Å²) in [6.45, 7) is 5.26. The van der Waals surface area contributed by atoms with Gasteiger partial charge < -0.3 is 9.08 Å². The lowest BCUT2D eigenvalue weighted by Crippen LogP contribution is -2.37. The molecule has 0 heterocycles. The minimum absolute atomic E-state index is 0.0241. The minimum atomic E-state index is -4.73. The molecule has 0 fully saturated rings. The molecule has 8 nitrogen and oxygen atoms in total. The van der Waals surface area contributed by atoms with Crippen molar-refractivity contribution in [3.8, 4) is 5.75 Å². The summed E-state index contributed by atoms with van der Waals surface area (Å²) in [6.07, 6.45) is -4.16. The third-order valence-electron chi connectivity index (χ3n) is 5.94. The van der Waals surface area contributed by atoms with Crippen LogP contribution in [-0.2, 0) is 22.8 Å². The minimum Gasteiger partial charge on any atom is -0.379 e. The largest absolute Gasteiger partial charge is 0.416 e. The Morgan fingerprint density at radius 2 is 1.76 bits per heavy atom. The van der Waals surface area contributed by atoms with E-state index in [1.807, 2.05) is 6.92 Å². The molecule has 0 saturated heterocycles. The Bertz CT molecular complexity index is 1460. The first-order chi connectivity index (χ1) is 17.7. The molecule has 0 aliphatic heterocycles. The number of carbonyl (C=O) groups excluding carboxylic acids is 1.